The van der Waals surface area contributed by atoms with Crippen LogP contribution in [0.15, 0.2) is 0 Å². The number of likely N-dealkylation sites (tertiary alicyclic amines) is 1. The average molecular weight is 295 g/mol. The highest BCUT2D eigenvalue weighted by atomic mass is 16.2. The Labute approximate surface area is 130 Å². The van der Waals surface area contributed by atoms with Gasteiger partial charge in [0.15, 0.2) is 0 Å². The Morgan fingerprint density at radius 1 is 1.05 bits per heavy atom. The van der Waals surface area contributed by atoms with Gasteiger partial charge in [-0.3, -0.25) is 10.1 Å². The molecule has 0 aromatic heterocycles. The molecule has 4 heteroatoms. The second kappa shape index (κ2) is 8.74. The van der Waals surface area contributed by atoms with Gasteiger partial charge in [0.05, 0.1) is 12.2 Å². The predicted octanol–water partition coefficient (Wildman–Crippen LogP) is 2.59. The summed E-state index contributed by atoms with van der Waals surface area (Å²) in [7, 11) is 0. The number of amides is 1. The zero-order chi connectivity index (χ0) is 15.1. The number of nitrogens with one attached hydrogen (secondary N) is 1. The van der Waals surface area contributed by atoms with E-state index < -0.39 is 0 Å². The highest BCUT2D eigenvalue weighted by Crippen LogP contribution is 2.19. The first-order chi connectivity index (χ1) is 10.3. The molecule has 0 spiro atoms. The van der Waals surface area contributed by atoms with Crippen molar-refractivity contribution in [3.63, 3.8) is 0 Å². The summed E-state index contributed by atoms with van der Waals surface area (Å²) >= 11 is 0. The van der Waals surface area contributed by atoms with E-state index in [1.165, 1.54) is 32.4 Å². The van der Waals surface area contributed by atoms with E-state index in [4.69, 9.17) is 0 Å². The molecule has 2 fully saturated rings. The van der Waals surface area contributed by atoms with E-state index in [-0.39, 0.29) is 12.2 Å². The van der Waals surface area contributed by atoms with E-state index >= 15 is 0 Å². The molecule has 2 rings (SSSR count). The number of hydrogen-bond donors (Lipinski definition) is 1. The summed E-state index contributed by atoms with van der Waals surface area (Å²) in [4.78, 5) is 17.3. The number of piperidine rings is 1. The maximum absolute atomic E-state index is 12.6. The molecule has 21 heavy (non-hydrogen) atoms. The normalized spacial score (nSPS) is 27.5. The maximum Gasteiger partial charge on any atom is 0.241 e. The lowest BCUT2D eigenvalue weighted by atomic mass is 10.1. The van der Waals surface area contributed by atoms with Crippen LogP contribution in [0.2, 0.25) is 0 Å². The van der Waals surface area contributed by atoms with E-state index in [0.29, 0.717) is 5.91 Å². The maximum atomic E-state index is 12.6. The average Bonchev–Trinajstić information content (AvgIpc) is 2.80. The van der Waals surface area contributed by atoms with Gasteiger partial charge in [0, 0.05) is 13.1 Å². The molecule has 0 bridgehead atoms. The molecule has 2 aliphatic heterocycles. The quantitative estimate of drug-likeness (QED) is 0.747. The van der Waals surface area contributed by atoms with Crippen molar-refractivity contribution in [3.05, 3.63) is 0 Å². The Bertz CT molecular complexity index is 315. The van der Waals surface area contributed by atoms with E-state index in [9.17, 15) is 4.79 Å². The predicted molar refractivity (Wildman–Crippen MR) is 87.1 cm³/mol. The molecule has 122 valence electrons. The molecule has 0 aromatic carbocycles. The van der Waals surface area contributed by atoms with E-state index in [2.05, 4.69) is 29.0 Å². The molecule has 2 atom stereocenters. The Balaban J connectivity index is 1.85. The largest absolute Gasteiger partial charge is 0.325 e. The van der Waals surface area contributed by atoms with Gasteiger partial charge in [0.2, 0.25) is 5.91 Å². The number of nitrogens with zero attached hydrogens (tertiary/aromatic N) is 2. The summed E-state index contributed by atoms with van der Waals surface area (Å²) in [6.07, 6.45) is 9.80. The van der Waals surface area contributed by atoms with Crippen molar-refractivity contribution < 1.29 is 4.79 Å². The van der Waals surface area contributed by atoms with Crippen molar-refractivity contribution in [2.45, 2.75) is 77.4 Å². The van der Waals surface area contributed by atoms with Crippen molar-refractivity contribution in [2.24, 2.45) is 0 Å². The third-order valence-corrected chi connectivity index (χ3v) is 4.87. The highest BCUT2D eigenvalue weighted by molar-refractivity contribution is 5.84. The van der Waals surface area contributed by atoms with Crippen LogP contribution in [0.4, 0.5) is 0 Å². The molecule has 2 heterocycles. The summed E-state index contributed by atoms with van der Waals surface area (Å²) < 4.78 is 0. The van der Waals surface area contributed by atoms with Gasteiger partial charge >= 0.3 is 0 Å². The zero-order valence-corrected chi connectivity index (χ0v) is 13.9. The number of unbranched alkanes of at least 4 members (excludes halogenated alkanes) is 1. The van der Waals surface area contributed by atoms with Gasteiger partial charge in [0.25, 0.3) is 0 Å². The molecule has 0 radical (unpaired) electrons. The smallest absolute Gasteiger partial charge is 0.241 e. The lowest BCUT2D eigenvalue weighted by Crippen LogP contribution is -2.43. The fourth-order valence-corrected chi connectivity index (χ4v) is 3.57. The van der Waals surface area contributed by atoms with Crippen LogP contribution >= 0.6 is 0 Å². The van der Waals surface area contributed by atoms with E-state index in [1.54, 1.807) is 0 Å². The van der Waals surface area contributed by atoms with Crippen molar-refractivity contribution in [1.29, 1.82) is 0 Å². The van der Waals surface area contributed by atoms with E-state index in [1.807, 2.05) is 0 Å². The summed E-state index contributed by atoms with van der Waals surface area (Å²) in [6.45, 7) is 8.78. The minimum absolute atomic E-state index is 0.0721. The number of rotatable bonds is 8. The summed E-state index contributed by atoms with van der Waals surface area (Å²) in [6, 6.07) is 0.0721. The van der Waals surface area contributed by atoms with Crippen LogP contribution in [0.25, 0.3) is 0 Å². The first kappa shape index (κ1) is 16.8. The van der Waals surface area contributed by atoms with Crippen LogP contribution in [0.5, 0.6) is 0 Å². The second-order valence-electron chi connectivity index (χ2n) is 6.60. The Kier molecular flexibility index (Phi) is 6.97. The van der Waals surface area contributed by atoms with Crippen molar-refractivity contribution >= 4 is 5.91 Å². The van der Waals surface area contributed by atoms with Gasteiger partial charge in [-0.1, -0.05) is 39.5 Å². The van der Waals surface area contributed by atoms with Crippen molar-refractivity contribution in [3.8, 4) is 0 Å². The van der Waals surface area contributed by atoms with Gasteiger partial charge in [-0.15, -0.1) is 0 Å². The standard InChI is InChI=1S/C17H33N3O/c1-3-5-10-15-17(21)20(16(18-15)9-4-2)14-13-19-11-7-6-8-12-19/h15-16,18H,3-14H2,1-2H3. The van der Waals surface area contributed by atoms with Gasteiger partial charge in [-0.2, -0.15) is 0 Å². The van der Waals surface area contributed by atoms with Gasteiger partial charge in [0.1, 0.15) is 0 Å². The van der Waals surface area contributed by atoms with Crippen LogP contribution in [0.3, 0.4) is 0 Å². The monoisotopic (exact) mass is 295 g/mol. The van der Waals surface area contributed by atoms with Gasteiger partial charge in [-0.25, -0.2) is 0 Å². The number of carbonyl (C=O) groups excluding carboxylic acids is 1. The van der Waals surface area contributed by atoms with Crippen LogP contribution in [-0.4, -0.2) is 54.1 Å². The third-order valence-electron chi connectivity index (χ3n) is 4.87. The molecule has 1 N–H and O–H groups in total. The first-order valence-corrected chi connectivity index (χ1v) is 9.05. The molecule has 1 amide bonds. The fourth-order valence-electron chi connectivity index (χ4n) is 3.57. The molecule has 4 nitrogen and oxygen atoms in total. The van der Waals surface area contributed by atoms with Gasteiger partial charge in [-0.05, 0) is 38.8 Å². The number of hydrogen-bond acceptors (Lipinski definition) is 3. The number of carbonyl (C=O) groups is 1. The van der Waals surface area contributed by atoms with Crippen molar-refractivity contribution in [2.75, 3.05) is 26.2 Å². The lowest BCUT2D eigenvalue weighted by molar-refractivity contribution is -0.130. The Morgan fingerprint density at radius 2 is 1.81 bits per heavy atom. The zero-order valence-electron chi connectivity index (χ0n) is 13.9. The first-order valence-electron chi connectivity index (χ1n) is 9.05. The van der Waals surface area contributed by atoms with Crippen LogP contribution in [0.1, 0.15) is 65.2 Å². The van der Waals surface area contributed by atoms with E-state index in [0.717, 1.165) is 45.2 Å². The van der Waals surface area contributed by atoms with Crippen LogP contribution < -0.4 is 5.32 Å². The van der Waals surface area contributed by atoms with Crippen molar-refractivity contribution in [1.82, 2.24) is 15.1 Å². The molecule has 0 saturated carbocycles. The molecule has 2 saturated heterocycles. The Hall–Kier alpha value is -0.610. The molecule has 0 aromatic rings. The molecule has 2 unspecified atom stereocenters. The molecule has 2 aliphatic rings. The lowest BCUT2D eigenvalue weighted by Gasteiger charge is -2.30. The third kappa shape index (κ3) is 4.68. The van der Waals surface area contributed by atoms with Crippen LogP contribution in [-0.2, 0) is 4.79 Å². The second-order valence-corrected chi connectivity index (χ2v) is 6.60. The topological polar surface area (TPSA) is 35.6 Å². The fraction of sp³-hybridized carbons (Fsp3) is 0.941. The highest BCUT2D eigenvalue weighted by Gasteiger charge is 2.37. The minimum atomic E-state index is 0.0721. The minimum Gasteiger partial charge on any atom is -0.325 e. The summed E-state index contributed by atoms with van der Waals surface area (Å²) in [5.74, 6) is 0.346. The van der Waals surface area contributed by atoms with Crippen LogP contribution in [0, 0.1) is 0 Å². The van der Waals surface area contributed by atoms with Gasteiger partial charge < -0.3 is 9.80 Å². The molecular weight excluding hydrogens is 262 g/mol. The summed E-state index contributed by atoms with van der Waals surface area (Å²) in [5, 5.41) is 3.57. The SMILES string of the molecule is CCCCC1NC(CCC)N(CCN2CCCCC2)C1=O. The Morgan fingerprint density at radius 3 is 2.48 bits per heavy atom. The summed E-state index contributed by atoms with van der Waals surface area (Å²) in [5.41, 5.74) is 0. The molecule has 0 aliphatic carbocycles. The molecular formula is C17H33N3O.